The van der Waals surface area contributed by atoms with Gasteiger partial charge in [0.25, 0.3) is 0 Å². The number of phenolic OH excluding ortho intramolecular Hbond substituents is 1. The third kappa shape index (κ3) is 3.03. The minimum Gasteiger partial charge on any atom is -0.508 e. The SMILES string of the molecule is CC1CCCC1CNS(=O)(=O)c1ccc(O)cc1. The van der Waals surface area contributed by atoms with Crippen LogP contribution >= 0.6 is 0 Å². The van der Waals surface area contributed by atoms with E-state index in [0.29, 0.717) is 18.4 Å². The van der Waals surface area contributed by atoms with Crippen molar-refractivity contribution >= 4 is 10.0 Å². The van der Waals surface area contributed by atoms with Crippen molar-refractivity contribution < 1.29 is 13.5 Å². The molecule has 1 aliphatic carbocycles. The van der Waals surface area contributed by atoms with Crippen molar-refractivity contribution in [3.8, 4) is 5.75 Å². The van der Waals surface area contributed by atoms with Crippen molar-refractivity contribution in [2.45, 2.75) is 31.1 Å². The lowest BCUT2D eigenvalue weighted by Crippen LogP contribution is -2.30. The summed E-state index contributed by atoms with van der Waals surface area (Å²) in [4.78, 5) is 0.200. The van der Waals surface area contributed by atoms with Crippen LogP contribution in [0.2, 0.25) is 0 Å². The number of sulfonamides is 1. The zero-order chi connectivity index (χ0) is 13.2. The third-order valence-corrected chi connectivity index (χ3v) is 5.16. The number of benzene rings is 1. The van der Waals surface area contributed by atoms with Gasteiger partial charge in [-0.15, -0.1) is 0 Å². The van der Waals surface area contributed by atoms with Crippen molar-refractivity contribution in [2.24, 2.45) is 11.8 Å². The van der Waals surface area contributed by atoms with E-state index in [-0.39, 0.29) is 10.6 Å². The van der Waals surface area contributed by atoms with E-state index in [1.54, 1.807) is 0 Å². The second kappa shape index (κ2) is 5.28. The molecule has 0 bridgehead atoms. The molecule has 4 nitrogen and oxygen atoms in total. The molecule has 0 aromatic heterocycles. The first-order valence-electron chi connectivity index (χ1n) is 6.28. The lowest BCUT2D eigenvalue weighted by molar-refractivity contribution is 0.414. The van der Waals surface area contributed by atoms with E-state index >= 15 is 0 Å². The highest BCUT2D eigenvalue weighted by Gasteiger charge is 2.25. The van der Waals surface area contributed by atoms with Gasteiger partial charge in [0.2, 0.25) is 10.0 Å². The highest BCUT2D eigenvalue weighted by atomic mass is 32.2. The van der Waals surface area contributed by atoms with E-state index in [1.165, 1.54) is 37.1 Å². The van der Waals surface area contributed by atoms with Gasteiger partial charge >= 0.3 is 0 Å². The monoisotopic (exact) mass is 269 g/mol. The topological polar surface area (TPSA) is 66.4 Å². The fraction of sp³-hybridized carbons (Fsp3) is 0.538. The summed E-state index contributed by atoms with van der Waals surface area (Å²) in [5.41, 5.74) is 0. The molecule has 1 fully saturated rings. The zero-order valence-corrected chi connectivity index (χ0v) is 11.3. The second-order valence-corrected chi connectivity index (χ2v) is 6.78. The van der Waals surface area contributed by atoms with E-state index in [2.05, 4.69) is 11.6 Å². The first-order valence-corrected chi connectivity index (χ1v) is 7.76. The molecule has 2 N–H and O–H groups in total. The largest absolute Gasteiger partial charge is 0.508 e. The Morgan fingerprint density at radius 3 is 2.50 bits per heavy atom. The van der Waals surface area contributed by atoms with Gasteiger partial charge in [0.15, 0.2) is 0 Å². The summed E-state index contributed by atoms with van der Waals surface area (Å²) in [6.07, 6.45) is 3.47. The number of aromatic hydroxyl groups is 1. The summed E-state index contributed by atoms with van der Waals surface area (Å²) in [6, 6.07) is 5.59. The summed E-state index contributed by atoms with van der Waals surface area (Å²) in [7, 11) is -3.45. The van der Waals surface area contributed by atoms with Crippen LogP contribution in [0.3, 0.4) is 0 Å². The first kappa shape index (κ1) is 13.4. The molecule has 5 heteroatoms. The Hall–Kier alpha value is -1.07. The van der Waals surface area contributed by atoms with Crippen LogP contribution in [0.4, 0.5) is 0 Å². The van der Waals surface area contributed by atoms with Crippen LogP contribution in [0.5, 0.6) is 5.75 Å². The fourth-order valence-corrected chi connectivity index (χ4v) is 3.55. The summed E-state index contributed by atoms with van der Waals surface area (Å²) in [5, 5.41) is 9.14. The van der Waals surface area contributed by atoms with Gasteiger partial charge in [0.1, 0.15) is 5.75 Å². The number of nitrogens with one attached hydrogen (secondary N) is 1. The highest BCUT2D eigenvalue weighted by molar-refractivity contribution is 7.89. The number of phenols is 1. The smallest absolute Gasteiger partial charge is 0.240 e. The summed E-state index contributed by atoms with van der Waals surface area (Å²) in [6.45, 7) is 2.68. The minimum atomic E-state index is -3.45. The Morgan fingerprint density at radius 1 is 1.28 bits per heavy atom. The predicted molar refractivity (Wildman–Crippen MR) is 69.8 cm³/mol. The van der Waals surface area contributed by atoms with Crippen LogP contribution in [0.1, 0.15) is 26.2 Å². The molecule has 0 heterocycles. The second-order valence-electron chi connectivity index (χ2n) is 5.01. The van der Waals surface area contributed by atoms with Gasteiger partial charge in [-0.25, -0.2) is 13.1 Å². The number of rotatable bonds is 4. The maximum Gasteiger partial charge on any atom is 0.240 e. The Labute approximate surface area is 108 Å². The van der Waals surface area contributed by atoms with E-state index < -0.39 is 10.0 Å². The van der Waals surface area contributed by atoms with Gasteiger partial charge < -0.3 is 5.11 Å². The standard InChI is InChI=1S/C13H19NO3S/c1-10-3-2-4-11(10)9-14-18(16,17)13-7-5-12(15)6-8-13/h5-8,10-11,14-15H,2-4,9H2,1H3. The molecule has 1 saturated carbocycles. The molecular weight excluding hydrogens is 250 g/mol. The summed E-state index contributed by atoms with van der Waals surface area (Å²) < 4.78 is 26.7. The summed E-state index contributed by atoms with van der Waals surface area (Å²) in [5.74, 6) is 1.10. The molecule has 18 heavy (non-hydrogen) atoms. The Kier molecular flexibility index (Phi) is 3.92. The summed E-state index contributed by atoms with van der Waals surface area (Å²) >= 11 is 0. The van der Waals surface area contributed by atoms with Crippen molar-refractivity contribution in [3.05, 3.63) is 24.3 Å². The quantitative estimate of drug-likeness (QED) is 0.879. The molecule has 0 aliphatic heterocycles. The third-order valence-electron chi connectivity index (χ3n) is 3.72. The molecule has 1 aliphatic rings. The zero-order valence-electron chi connectivity index (χ0n) is 10.5. The van der Waals surface area contributed by atoms with Gasteiger partial charge in [0, 0.05) is 6.54 Å². The van der Waals surface area contributed by atoms with Crippen LogP contribution < -0.4 is 4.72 Å². The van der Waals surface area contributed by atoms with E-state index in [9.17, 15) is 8.42 Å². The molecule has 0 amide bonds. The average molecular weight is 269 g/mol. The van der Waals surface area contributed by atoms with Gasteiger partial charge in [-0.3, -0.25) is 0 Å². The van der Waals surface area contributed by atoms with Gasteiger partial charge in [0.05, 0.1) is 4.90 Å². The Bertz CT molecular complexity index is 495. The first-order chi connectivity index (χ1) is 8.49. The lowest BCUT2D eigenvalue weighted by Gasteiger charge is -2.16. The molecule has 2 atom stereocenters. The molecule has 1 aromatic rings. The Balaban J connectivity index is 2.01. The van der Waals surface area contributed by atoms with E-state index in [0.717, 1.165) is 6.42 Å². The van der Waals surface area contributed by atoms with Crippen LogP contribution in [0, 0.1) is 11.8 Å². The molecule has 2 unspecified atom stereocenters. The van der Waals surface area contributed by atoms with E-state index in [4.69, 9.17) is 5.11 Å². The van der Waals surface area contributed by atoms with E-state index in [1.807, 2.05) is 0 Å². The molecular formula is C13H19NO3S. The molecule has 100 valence electrons. The van der Waals surface area contributed by atoms with Crippen molar-refractivity contribution in [2.75, 3.05) is 6.54 Å². The minimum absolute atomic E-state index is 0.0679. The van der Waals surface area contributed by atoms with Crippen molar-refractivity contribution in [1.82, 2.24) is 4.72 Å². The Morgan fingerprint density at radius 2 is 1.94 bits per heavy atom. The van der Waals surface area contributed by atoms with Crippen LogP contribution in [-0.4, -0.2) is 20.1 Å². The molecule has 2 rings (SSSR count). The predicted octanol–water partition coefficient (Wildman–Crippen LogP) is 2.11. The van der Waals surface area contributed by atoms with Crippen LogP contribution in [-0.2, 0) is 10.0 Å². The fourth-order valence-electron chi connectivity index (χ4n) is 2.45. The van der Waals surface area contributed by atoms with Crippen molar-refractivity contribution in [1.29, 1.82) is 0 Å². The maximum atomic E-state index is 12.0. The normalized spacial score (nSPS) is 24.3. The van der Waals surface area contributed by atoms with Crippen LogP contribution in [0.15, 0.2) is 29.2 Å². The average Bonchev–Trinajstić information content (AvgIpc) is 2.73. The maximum absolute atomic E-state index is 12.0. The number of hydrogen-bond donors (Lipinski definition) is 2. The van der Waals surface area contributed by atoms with Gasteiger partial charge in [-0.2, -0.15) is 0 Å². The molecule has 0 radical (unpaired) electrons. The lowest BCUT2D eigenvalue weighted by atomic mass is 9.99. The van der Waals surface area contributed by atoms with Gasteiger partial charge in [-0.05, 0) is 42.5 Å². The number of hydrogen-bond acceptors (Lipinski definition) is 3. The van der Waals surface area contributed by atoms with Gasteiger partial charge in [-0.1, -0.05) is 19.8 Å². The molecule has 0 spiro atoms. The highest BCUT2D eigenvalue weighted by Crippen LogP contribution is 2.30. The van der Waals surface area contributed by atoms with Crippen molar-refractivity contribution in [3.63, 3.8) is 0 Å². The van der Waals surface area contributed by atoms with Crippen LogP contribution in [0.25, 0.3) is 0 Å². The molecule has 1 aromatic carbocycles. The molecule has 0 saturated heterocycles.